The summed E-state index contributed by atoms with van der Waals surface area (Å²) in [6.07, 6.45) is 9.29. The van der Waals surface area contributed by atoms with Crippen molar-refractivity contribution in [3.63, 3.8) is 0 Å². The van der Waals surface area contributed by atoms with Crippen molar-refractivity contribution in [1.29, 1.82) is 0 Å². The zero-order valence-corrected chi connectivity index (χ0v) is 19.5. The molecule has 2 N–H and O–H groups in total. The van der Waals surface area contributed by atoms with E-state index < -0.39 is 0 Å². The molecule has 1 aliphatic heterocycles. The summed E-state index contributed by atoms with van der Waals surface area (Å²) in [5.41, 5.74) is 0.298. The van der Waals surface area contributed by atoms with Gasteiger partial charge in [0.15, 0.2) is 5.96 Å². The number of hydrogen-bond acceptors (Lipinski definition) is 4. The van der Waals surface area contributed by atoms with Gasteiger partial charge in [0.1, 0.15) is 0 Å². The topological polar surface area (TPSA) is 64.1 Å². The highest BCUT2D eigenvalue weighted by Gasteiger charge is 2.55. The van der Waals surface area contributed by atoms with Gasteiger partial charge >= 0.3 is 0 Å². The van der Waals surface area contributed by atoms with Gasteiger partial charge in [-0.25, -0.2) is 0 Å². The zero-order valence-electron chi connectivity index (χ0n) is 17.2. The molecular weight excluding hydrogens is 457 g/mol. The van der Waals surface area contributed by atoms with Crippen LogP contribution in [0.2, 0.25) is 0 Å². The van der Waals surface area contributed by atoms with Crippen LogP contribution in [0.1, 0.15) is 58.8 Å². The van der Waals surface area contributed by atoms with Crippen LogP contribution >= 0.6 is 24.0 Å². The van der Waals surface area contributed by atoms with Crippen molar-refractivity contribution in [3.8, 4) is 0 Å². The summed E-state index contributed by atoms with van der Waals surface area (Å²) in [7, 11) is 1.85. The van der Waals surface area contributed by atoms with Crippen LogP contribution in [-0.4, -0.2) is 63.7 Å². The van der Waals surface area contributed by atoms with Gasteiger partial charge in [0.25, 0.3) is 0 Å². The van der Waals surface area contributed by atoms with Crippen LogP contribution < -0.4 is 10.6 Å². The number of hydrogen-bond donors (Lipinski definition) is 2. The molecule has 2 saturated carbocycles. The Bertz CT molecular complexity index is 465. The van der Waals surface area contributed by atoms with E-state index in [9.17, 15) is 0 Å². The van der Waals surface area contributed by atoms with Gasteiger partial charge in [-0.2, -0.15) is 0 Å². The van der Waals surface area contributed by atoms with Crippen molar-refractivity contribution >= 4 is 29.9 Å². The summed E-state index contributed by atoms with van der Waals surface area (Å²) in [4.78, 5) is 4.45. The average molecular weight is 495 g/mol. The van der Waals surface area contributed by atoms with E-state index in [1.807, 2.05) is 7.05 Å². The third-order valence-corrected chi connectivity index (χ3v) is 6.32. The van der Waals surface area contributed by atoms with Crippen molar-refractivity contribution in [3.05, 3.63) is 0 Å². The standard InChI is InChI=1S/C20H37N3O3.HI/c1-4-25-18-12-17(20(18)9-6-5-7-10-20)23-19(21-3)22-15(2)13-26-16-8-11-24-14-16;/h15-18H,4-14H2,1-3H3,(H2,21,22,23);1H. The summed E-state index contributed by atoms with van der Waals surface area (Å²) >= 11 is 0. The monoisotopic (exact) mass is 495 g/mol. The molecular formula is C20H38IN3O3. The molecule has 7 heteroatoms. The molecule has 158 valence electrons. The molecule has 3 fully saturated rings. The van der Waals surface area contributed by atoms with E-state index in [4.69, 9.17) is 14.2 Å². The first-order valence-corrected chi connectivity index (χ1v) is 10.5. The Balaban J connectivity index is 0.00000261. The molecule has 0 bridgehead atoms. The highest BCUT2D eigenvalue weighted by atomic mass is 127. The maximum absolute atomic E-state index is 6.06. The molecule has 27 heavy (non-hydrogen) atoms. The number of nitrogens with zero attached hydrogens (tertiary/aromatic N) is 1. The van der Waals surface area contributed by atoms with Gasteiger partial charge in [0, 0.05) is 37.8 Å². The lowest BCUT2D eigenvalue weighted by molar-refractivity contribution is -0.145. The minimum absolute atomic E-state index is 0. The second-order valence-electron chi connectivity index (χ2n) is 8.11. The fourth-order valence-electron chi connectivity index (χ4n) is 4.80. The Labute approximate surface area is 181 Å². The number of guanidine groups is 1. The van der Waals surface area contributed by atoms with Gasteiger partial charge in [-0.15, -0.1) is 24.0 Å². The molecule has 2 aliphatic carbocycles. The average Bonchev–Trinajstić information content (AvgIpc) is 3.19. The lowest BCUT2D eigenvalue weighted by atomic mass is 9.55. The second kappa shape index (κ2) is 11.2. The van der Waals surface area contributed by atoms with Gasteiger partial charge in [-0.05, 0) is 39.5 Å². The number of halogens is 1. The molecule has 1 heterocycles. The van der Waals surface area contributed by atoms with E-state index in [0.717, 1.165) is 38.6 Å². The Morgan fingerprint density at radius 3 is 2.67 bits per heavy atom. The first kappa shape index (κ1) is 23.2. The molecule has 4 unspecified atom stereocenters. The molecule has 1 spiro atoms. The maximum Gasteiger partial charge on any atom is 0.191 e. The normalized spacial score (nSPS) is 31.1. The molecule has 6 nitrogen and oxygen atoms in total. The van der Waals surface area contributed by atoms with E-state index in [1.54, 1.807) is 0 Å². The minimum atomic E-state index is 0. The van der Waals surface area contributed by atoms with Crippen LogP contribution in [0.5, 0.6) is 0 Å². The SMILES string of the molecule is CCOC1CC(NC(=NC)NC(C)COC2CCOC2)C12CCCCC2.I. The van der Waals surface area contributed by atoms with E-state index in [-0.39, 0.29) is 36.1 Å². The molecule has 3 rings (SSSR count). The van der Waals surface area contributed by atoms with Crippen LogP contribution in [0.4, 0.5) is 0 Å². The summed E-state index contributed by atoms with van der Waals surface area (Å²) in [6, 6.07) is 0.675. The molecule has 0 aromatic carbocycles. The molecule has 3 aliphatic rings. The van der Waals surface area contributed by atoms with Crippen molar-refractivity contribution in [2.45, 2.75) is 83.1 Å². The highest BCUT2D eigenvalue weighted by Crippen LogP contribution is 2.53. The number of nitrogens with one attached hydrogen (secondary N) is 2. The summed E-state index contributed by atoms with van der Waals surface area (Å²) in [5.74, 6) is 0.883. The van der Waals surface area contributed by atoms with Crippen LogP contribution in [0, 0.1) is 5.41 Å². The molecule has 0 aromatic heterocycles. The predicted octanol–water partition coefficient (Wildman–Crippen LogP) is 3.09. The van der Waals surface area contributed by atoms with Gasteiger partial charge in [-0.1, -0.05) is 19.3 Å². The van der Waals surface area contributed by atoms with Gasteiger partial charge in [0.05, 0.1) is 25.4 Å². The molecule has 0 aromatic rings. The summed E-state index contributed by atoms with van der Waals surface area (Å²) in [5, 5.41) is 7.18. The maximum atomic E-state index is 6.06. The molecule has 4 atom stereocenters. The van der Waals surface area contributed by atoms with Crippen LogP contribution in [-0.2, 0) is 14.2 Å². The summed E-state index contributed by atoms with van der Waals surface area (Å²) in [6.45, 7) is 7.28. The van der Waals surface area contributed by atoms with E-state index in [0.29, 0.717) is 24.2 Å². The second-order valence-corrected chi connectivity index (χ2v) is 8.11. The van der Waals surface area contributed by atoms with Crippen molar-refractivity contribution in [1.82, 2.24) is 10.6 Å². The van der Waals surface area contributed by atoms with E-state index >= 15 is 0 Å². The predicted molar refractivity (Wildman–Crippen MR) is 119 cm³/mol. The Morgan fingerprint density at radius 2 is 2.04 bits per heavy atom. The lowest BCUT2D eigenvalue weighted by Gasteiger charge is -2.58. The summed E-state index contributed by atoms with van der Waals surface area (Å²) < 4.78 is 17.4. The minimum Gasteiger partial charge on any atom is -0.379 e. The number of aliphatic imine (C=N–C) groups is 1. The largest absolute Gasteiger partial charge is 0.379 e. The van der Waals surface area contributed by atoms with Crippen molar-refractivity contribution in [2.24, 2.45) is 10.4 Å². The Kier molecular flexibility index (Phi) is 9.58. The van der Waals surface area contributed by atoms with Crippen molar-refractivity contribution in [2.75, 3.05) is 33.5 Å². The zero-order chi connectivity index (χ0) is 18.4. The first-order chi connectivity index (χ1) is 12.7. The third kappa shape index (κ3) is 5.70. The van der Waals surface area contributed by atoms with Gasteiger partial charge in [0.2, 0.25) is 0 Å². The van der Waals surface area contributed by atoms with E-state index in [2.05, 4.69) is 29.5 Å². The highest BCUT2D eigenvalue weighted by molar-refractivity contribution is 14.0. The first-order valence-electron chi connectivity index (χ1n) is 10.5. The molecule has 1 saturated heterocycles. The quantitative estimate of drug-likeness (QED) is 0.323. The fraction of sp³-hybridized carbons (Fsp3) is 0.950. The smallest absolute Gasteiger partial charge is 0.191 e. The Morgan fingerprint density at radius 1 is 1.26 bits per heavy atom. The number of rotatable bonds is 7. The van der Waals surface area contributed by atoms with Gasteiger partial charge < -0.3 is 24.8 Å². The lowest BCUT2D eigenvalue weighted by Crippen LogP contribution is -2.67. The van der Waals surface area contributed by atoms with E-state index in [1.165, 1.54) is 32.1 Å². The fourth-order valence-corrected chi connectivity index (χ4v) is 4.80. The van der Waals surface area contributed by atoms with Crippen LogP contribution in [0.3, 0.4) is 0 Å². The van der Waals surface area contributed by atoms with Crippen molar-refractivity contribution < 1.29 is 14.2 Å². The molecule has 0 amide bonds. The molecule has 0 radical (unpaired) electrons. The van der Waals surface area contributed by atoms with Crippen LogP contribution in [0.15, 0.2) is 4.99 Å². The van der Waals surface area contributed by atoms with Crippen LogP contribution in [0.25, 0.3) is 0 Å². The van der Waals surface area contributed by atoms with Gasteiger partial charge in [-0.3, -0.25) is 4.99 Å². The Hall–Kier alpha value is -0.120. The number of ether oxygens (including phenoxy) is 3. The third-order valence-electron chi connectivity index (χ3n) is 6.32.